The van der Waals surface area contributed by atoms with E-state index in [1.165, 1.54) is 6.92 Å². The fourth-order valence-electron chi connectivity index (χ4n) is 3.94. The Morgan fingerprint density at radius 1 is 1.39 bits per heavy atom. The number of carbonyl (C=O) groups excluding carboxylic acids is 1. The van der Waals surface area contributed by atoms with E-state index in [0.29, 0.717) is 5.75 Å². The molecule has 6 atom stereocenters. The predicted molar refractivity (Wildman–Crippen MR) is 148 cm³/mol. The number of fused-ring (bicyclic) bond motifs is 1. The van der Waals surface area contributed by atoms with Crippen molar-refractivity contribution in [1.82, 2.24) is 24.6 Å². The lowest BCUT2D eigenvalue weighted by atomic mass is 10.1. The number of ether oxygens (including phenoxy) is 2. The number of H-pyrrole nitrogens is 1. The van der Waals surface area contributed by atoms with Crippen molar-refractivity contribution in [3.63, 3.8) is 0 Å². The van der Waals surface area contributed by atoms with Crippen LogP contribution >= 0.6 is 6.64 Å². The van der Waals surface area contributed by atoms with E-state index in [1.54, 1.807) is 44.2 Å². The number of aliphatic hydroxyl groups excluding tert-OH is 2. The third-order valence-electron chi connectivity index (χ3n) is 5.81. The van der Waals surface area contributed by atoms with Gasteiger partial charge in [-0.05, 0) is 50.2 Å². The third kappa shape index (κ3) is 6.50. The molecule has 0 aliphatic carbocycles. The second-order valence-corrected chi connectivity index (χ2v) is 12.4. The normalized spacial score (nSPS) is 24.5. The summed E-state index contributed by atoms with van der Waals surface area (Å²) in [5.74, 6) is -0.548. The second-order valence-electron chi connectivity index (χ2n) is 9.26. The monoisotopic (exact) mass is 609 g/mol. The molecule has 6 N–H and O–H groups in total. The maximum Gasteiger partial charge on any atom is 0.323 e. The van der Waals surface area contributed by atoms with Gasteiger partial charge in [0.1, 0.15) is 24.0 Å². The Morgan fingerprint density at radius 2 is 2.10 bits per heavy atom. The van der Waals surface area contributed by atoms with Crippen molar-refractivity contribution < 1.29 is 33.5 Å². The Bertz CT molecular complexity index is 1560. The predicted octanol–water partition coefficient (Wildman–Crippen LogP) is 1.21. The summed E-state index contributed by atoms with van der Waals surface area (Å²) in [6, 6.07) is 7.37. The van der Waals surface area contributed by atoms with Gasteiger partial charge in [-0.2, -0.15) is 4.98 Å². The van der Waals surface area contributed by atoms with E-state index in [9.17, 15) is 25.3 Å². The summed E-state index contributed by atoms with van der Waals surface area (Å²) in [6.45, 7) is 0.486. The van der Waals surface area contributed by atoms with Gasteiger partial charge in [-0.1, -0.05) is 23.3 Å². The molecule has 2 aromatic heterocycles. The Morgan fingerprint density at radius 3 is 2.76 bits per heavy atom. The molecule has 4 unspecified atom stereocenters. The van der Waals surface area contributed by atoms with Gasteiger partial charge < -0.3 is 34.5 Å². The molecular weight excluding hydrogens is 581 g/mol. The van der Waals surface area contributed by atoms with Crippen molar-refractivity contribution in [1.29, 1.82) is 0 Å². The molecule has 1 aromatic carbocycles. The van der Waals surface area contributed by atoms with E-state index in [4.69, 9.17) is 36.1 Å². The zero-order chi connectivity index (χ0) is 29.9. The summed E-state index contributed by atoms with van der Waals surface area (Å²) < 4.78 is 24.1. The number of imidazole rings is 1. The molecule has 3 heterocycles. The number of aliphatic hydroxyl groups is 2. The molecule has 1 aliphatic heterocycles. The summed E-state index contributed by atoms with van der Waals surface area (Å²) >= 11 is 5.67. The molecule has 0 amide bonds. The van der Waals surface area contributed by atoms with Crippen LogP contribution in [0.15, 0.2) is 46.6 Å². The van der Waals surface area contributed by atoms with Gasteiger partial charge in [0.15, 0.2) is 17.4 Å². The molecule has 0 saturated carbocycles. The van der Waals surface area contributed by atoms with E-state index in [1.807, 2.05) is 0 Å². The van der Waals surface area contributed by atoms with Gasteiger partial charge in [-0.3, -0.25) is 19.1 Å². The summed E-state index contributed by atoms with van der Waals surface area (Å²) in [5.41, 5.74) is 11.9. The van der Waals surface area contributed by atoms with E-state index in [0.717, 1.165) is 10.9 Å². The van der Waals surface area contributed by atoms with E-state index in [2.05, 4.69) is 30.1 Å². The summed E-state index contributed by atoms with van der Waals surface area (Å²) in [6.07, 6.45) is -4.27. The van der Waals surface area contributed by atoms with Crippen LogP contribution in [0, 0.1) is 0 Å². The van der Waals surface area contributed by atoms with Crippen molar-refractivity contribution in [3.05, 3.63) is 57.5 Å². The summed E-state index contributed by atoms with van der Waals surface area (Å²) in [4.78, 5) is 37.8. The smallest absolute Gasteiger partial charge is 0.323 e. The van der Waals surface area contributed by atoms with Crippen LogP contribution in [-0.4, -0.2) is 72.4 Å². The average Bonchev–Trinajstić information content (AvgIpc) is 3.43. The molecule has 17 nitrogen and oxygen atoms in total. The number of aromatic nitrogens is 4. The number of aromatic amines is 1. The van der Waals surface area contributed by atoms with E-state index >= 15 is 0 Å². The molecule has 220 valence electrons. The van der Waals surface area contributed by atoms with Crippen LogP contribution in [0.3, 0.4) is 0 Å². The van der Waals surface area contributed by atoms with Crippen LogP contribution in [0.25, 0.3) is 21.6 Å². The largest absolute Gasteiger partial charge is 0.462 e. The minimum absolute atomic E-state index is 0.0585. The standard InChI is InChI=1S/C22H28N9O8PS/c1-11(2)37-20(35)12(3)28-40(41,39-13-7-5-4-6-8-13)36-9-22(29-30-24)16(33)15(32)19(38-22)31-10-25-14-17(31)26-21(23)27-18(14)34/h4-8,10-12,15-16,19,32-33H,9H2,1-3H3,(H,28,41)(H3,23,26,27,34)/t12?,15?,16?,19-,22-,40?/m1/s1. The number of azide groups is 1. The highest BCUT2D eigenvalue weighted by Crippen LogP contribution is 2.48. The van der Waals surface area contributed by atoms with Gasteiger partial charge in [0.25, 0.3) is 5.56 Å². The van der Waals surface area contributed by atoms with Gasteiger partial charge in [0.2, 0.25) is 11.7 Å². The topological polar surface area (TPSA) is 245 Å². The number of nitrogens with two attached hydrogens (primary N) is 1. The molecule has 1 saturated heterocycles. The van der Waals surface area contributed by atoms with Crippen LogP contribution < -0.4 is 20.9 Å². The fraction of sp³-hybridized carbons (Fsp3) is 0.455. The number of carbonyl (C=O) groups is 1. The first kappa shape index (κ1) is 30.4. The SMILES string of the molecule is CC(C)OC(=O)C(C)NP(=S)(OC[C@@]1(N=[N+]=[N-])O[C@@H](n2cnc3c(=O)[nH]c(N)nc32)C(O)C1O)Oc1ccccc1. The first-order chi connectivity index (χ1) is 19.4. The minimum atomic E-state index is -3.66. The molecule has 4 rings (SSSR count). The fourth-order valence-corrected chi connectivity index (χ4v) is 6.34. The molecule has 0 radical (unpaired) electrons. The summed E-state index contributed by atoms with van der Waals surface area (Å²) in [5, 5.41) is 28.4. The molecule has 1 fully saturated rings. The van der Waals surface area contributed by atoms with Crippen molar-refractivity contribution in [2.75, 3.05) is 12.3 Å². The van der Waals surface area contributed by atoms with E-state index < -0.39 is 61.1 Å². The van der Waals surface area contributed by atoms with Gasteiger partial charge in [-0.25, -0.2) is 10.1 Å². The second kappa shape index (κ2) is 12.1. The lowest BCUT2D eigenvalue weighted by Gasteiger charge is -2.31. The highest BCUT2D eigenvalue weighted by atomic mass is 32.5. The van der Waals surface area contributed by atoms with Crippen LogP contribution in [0.5, 0.6) is 5.75 Å². The number of benzene rings is 1. The average molecular weight is 610 g/mol. The van der Waals surface area contributed by atoms with Crippen LogP contribution in [-0.2, 0) is 30.6 Å². The lowest BCUT2D eigenvalue weighted by Crippen LogP contribution is -2.45. The van der Waals surface area contributed by atoms with Crippen molar-refractivity contribution >= 4 is 41.5 Å². The zero-order valence-electron chi connectivity index (χ0n) is 22.0. The van der Waals surface area contributed by atoms with Crippen molar-refractivity contribution in [3.8, 4) is 5.75 Å². The number of nitrogens with zero attached hydrogens (tertiary/aromatic N) is 6. The van der Waals surface area contributed by atoms with Crippen LogP contribution in [0.1, 0.15) is 27.0 Å². The van der Waals surface area contributed by atoms with E-state index in [-0.39, 0.29) is 17.1 Å². The highest BCUT2D eigenvalue weighted by Gasteiger charge is 2.56. The maximum absolute atomic E-state index is 12.5. The first-order valence-corrected chi connectivity index (χ1v) is 14.8. The molecular formula is C22H28N9O8PS. The van der Waals surface area contributed by atoms with Crippen molar-refractivity contribution in [2.45, 2.75) is 57.1 Å². The molecule has 41 heavy (non-hydrogen) atoms. The Kier molecular flexibility index (Phi) is 8.96. The summed E-state index contributed by atoms with van der Waals surface area (Å²) in [7, 11) is 0. The first-order valence-electron chi connectivity index (χ1n) is 12.2. The van der Waals surface area contributed by atoms with Crippen molar-refractivity contribution in [2.24, 2.45) is 5.11 Å². The number of hydrogen-bond donors (Lipinski definition) is 5. The molecule has 19 heteroatoms. The molecule has 1 aliphatic rings. The molecule has 3 aromatic rings. The number of esters is 1. The number of rotatable bonds is 11. The Hall–Kier alpha value is -3.60. The third-order valence-corrected chi connectivity index (χ3v) is 8.29. The van der Waals surface area contributed by atoms with Gasteiger partial charge in [-0.15, -0.1) is 0 Å². The lowest BCUT2D eigenvalue weighted by molar-refractivity contribution is -0.149. The van der Waals surface area contributed by atoms with Gasteiger partial charge in [0, 0.05) is 4.91 Å². The number of nitrogens with one attached hydrogen (secondary N) is 2. The number of hydrogen-bond acceptors (Lipinski definition) is 13. The van der Waals surface area contributed by atoms with Gasteiger partial charge in [0.05, 0.1) is 19.0 Å². The molecule has 0 spiro atoms. The van der Waals surface area contributed by atoms with Crippen LogP contribution in [0.4, 0.5) is 5.95 Å². The minimum Gasteiger partial charge on any atom is -0.462 e. The van der Waals surface area contributed by atoms with Crippen LogP contribution in [0.2, 0.25) is 0 Å². The Labute approximate surface area is 237 Å². The number of para-hydroxylation sites is 1. The Balaban J connectivity index is 1.64. The maximum atomic E-state index is 12.5. The zero-order valence-corrected chi connectivity index (χ0v) is 23.7. The molecule has 0 bridgehead atoms. The highest BCUT2D eigenvalue weighted by molar-refractivity contribution is 8.09. The van der Waals surface area contributed by atoms with Gasteiger partial charge >= 0.3 is 12.6 Å². The quantitative estimate of drug-likeness (QED) is 0.0675. The number of anilines is 1. The number of nitrogen functional groups attached to an aromatic ring is 1.